The average Bonchev–Trinajstić information content (AvgIpc) is 2.66. The van der Waals surface area contributed by atoms with Gasteiger partial charge in [0.25, 0.3) is 0 Å². The molecule has 108 valence electrons. The number of nitrogens with zero attached hydrogens (tertiary/aromatic N) is 4. The minimum atomic E-state index is 0. The predicted octanol–water partition coefficient (Wildman–Crippen LogP) is 3.78. The summed E-state index contributed by atoms with van der Waals surface area (Å²) in [6, 6.07) is 0. The Bertz CT molecular complexity index is 457. The average molecular weight is 329 g/mol. The van der Waals surface area contributed by atoms with Crippen molar-refractivity contribution >= 4 is 15.9 Å². The lowest BCUT2D eigenvalue weighted by Gasteiger charge is -1.94. The molecule has 0 atom stereocenters. The standard InChI is InChI=1S/C7H12N2.C6H9BrN2.CH4/c1-5-6(2)9(4)7(3)8-5;1-4-5(2)9(3)6(7)8-4;/h1-4H3;1-3H3;1H4. The number of halogens is 1. The Morgan fingerprint density at radius 3 is 1.32 bits per heavy atom. The lowest BCUT2D eigenvalue weighted by Crippen LogP contribution is -1.92. The molecule has 0 aliphatic carbocycles. The molecule has 2 heterocycles. The summed E-state index contributed by atoms with van der Waals surface area (Å²) in [4.78, 5) is 8.46. The van der Waals surface area contributed by atoms with Gasteiger partial charge in [0.2, 0.25) is 0 Å². The molecule has 0 unspecified atom stereocenters. The van der Waals surface area contributed by atoms with Gasteiger partial charge in [0.1, 0.15) is 5.82 Å². The maximum atomic E-state index is 4.27. The van der Waals surface area contributed by atoms with Crippen molar-refractivity contribution in [1.29, 1.82) is 0 Å². The Labute approximate surface area is 125 Å². The minimum absolute atomic E-state index is 0. The fraction of sp³-hybridized carbons (Fsp3) is 0.571. The second-order valence-corrected chi connectivity index (χ2v) is 5.21. The zero-order chi connectivity index (χ0) is 14.0. The molecule has 19 heavy (non-hydrogen) atoms. The van der Waals surface area contributed by atoms with E-state index in [9.17, 15) is 0 Å². The normalized spacial score (nSPS) is 9.68. The van der Waals surface area contributed by atoms with Crippen molar-refractivity contribution in [3.8, 4) is 0 Å². The zero-order valence-corrected chi connectivity index (χ0v) is 13.8. The van der Waals surface area contributed by atoms with E-state index in [1.165, 1.54) is 11.4 Å². The van der Waals surface area contributed by atoms with Crippen molar-refractivity contribution in [2.24, 2.45) is 14.1 Å². The van der Waals surface area contributed by atoms with Gasteiger partial charge >= 0.3 is 0 Å². The molecule has 0 saturated carbocycles. The molecule has 0 aliphatic heterocycles. The first-order valence-corrected chi connectivity index (χ1v) is 6.67. The lowest BCUT2D eigenvalue weighted by atomic mass is 10.4. The van der Waals surface area contributed by atoms with Crippen LogP contribution < -0.4 is 0 Å². The highest BCUT2D eigenvalue weighted by molar-refractivity contribution is 9.10. The van der Waals surface area contributed by atoms with Gasteiger partial charge in [-0.1, -0.05) is 7.43 Å². The van der Waals surface area contributed by atoms with Crippen LogP contribution >= 0.6 is 15.9 Å². The smallest absolute Gasteiger partial charge is 0.177 e. The van der Waals surface area contributed by atoms with Crippen LogP contribution in [0.1, 0.15) is 36.0 Å². The Morgan fingerprint density at radius 1 is 0.789 bits per heavy atom. The topological polar surface area (TPSA) is 35.6 Å². The summed E-state index contributed by atoms with van der Waals surface area (Å²) < 4.78 is 5.00. The van der Waals surface area contributed by atoms with E-state index in [0.29, 0.717) is 0 Å². The molecule has 0 saturated heterocycles. The van der Waals surface area contributed by atoms with Crippen LogP contribution in [0, 0.1) is 34.6 Å². The fourth-order valence-electron chi connectivity index (χ4n) is 1.56. The third kappa shape index (κ3) is 3.93. The third-order valence-corrected chi connectivity index (χ3v) is 4.11. The van der Waals surface area contributed by atoms with E-state index in [0.717, 1.165) is 21.9 Å². The monoisotopic (exact) mass is 328 g/mol. The van der Waals surface area contributed by atoms with E-state index >= 15 is 0 Å². The molecule has 0 amide bonds. The van der Waals surface area contributed by atoms with Gasteiger partial charge < -0.3 is 9.13 Å². The van der Waals surface area contributed by atoms with E-state index in [-0.39, 0.29) is 7.43 Å². The molecule has 2 rings (SSSR count). The van der Waals surface area contributed by atoms with Crippen LogP contribution in [0.15, 0.2) is 4.73 Å². The van der Waals surface area contributed by atoms with Crippen LogP contribution in [0.25, 0.3) is 0 Å². The summed E-state index contributed by atoms with van der Waals surface area (Å²) in [5.74, 6) is 1.09. The third-order valence-electron chi connectivity index (χ3n) is 3.41. The fourth-order valence-corrected chi connectivity index (χ4v) is 2.09. The molecule has 0 bridgehead atoms. The maximum absolute atomic E-state index is 4.27. The predicted molar refractivity (Wildman–Crippen MR) is 84.5 cm³/mol. The number of hydrogen-bond donors (Lipinski definition) is 0. The van der Waals surface area contributed by atoms with Gasteiger partial charge in [-0.15, -0.1) is 0 Å². The summed E-state index contributed by atoms with van der Waals surface area (Å²) in [6.07, 6.45) is 0. The summed E-state index contributed by atoms with van der Waals surface area (Å²) in [5.41, 5.74) is 4.69. The molecule has 0 aromatic carbocycles. The van der Waals surface area contributed by atoms with Crippen molar-refractivity contribution in [2.45, 2.75) is 42.0 Å². The summed E-state index contributed by atoms with van der Waals surface area (Å²) >= 11 is 3.32. The quantitative estimate of drug-likeness (QED) is 0.737. The van der Waals surface area contributed by atoms with E-state index in [4.69, 9.17) is 0 Å². The van der Waals surface area contributed by atoms with Crippen molar-refractivity contribution < 1.29 is 0 Å². The Hall–Kier alpha value is -1.10. The summed E-state index contributed by atoms with van der Waals surface area (Å²) in [5, 5.41) is 0. The van der Waals surface area contributed by atoms with Crippen molar-refractivity contribution in [2.75, 3.05) is 0 Å². The van der Waals surface area contributed by atoms with Gasteiger partial charge in [-0.05, 0) is 50.5 Å². The zero-order valence-electron chi connectivity index (χ0n) is 12.2. The molecule has 0 N–H and O–H groups in total. The first-order chi connectivity index (χ1) is 8.25. The lowest BCUT2D eigenvalue weighted by molar-refractivity contribution is 0.827. The maximum Gasteiger partial charge on any atom is 0.177 e. The number of rotatable bonds is 0. The van der Waals surface area contributed by atoms with E-state index < -0.39 is 0 Å². The van der Waals surface area contributed by atoms with Gasteiger partial charge in [-0.25, -0.2) is 9.97 Å². The Balaban J connectivity index is 0.000000324. The molecule has 0 spiro atoms. The second kappa shape index (κ2) is 6.89. The first kappa shape index (κ1) is 17.9. The Kier molecular flexibility index (Phi) is 6.49. The second-order valence-electron chi connectivity index (χ2n) is 4.50. The van der Waals surface area contributed by atoms with Gasteiger partial charge in [-0.2, -0.15) is 0 Å². The number of imidazole rings is 2. The van der Waals surface area contributed by atoms with E-state index in [1.807, 2.05) is 46.4 Å². The minimum Gasteiger partial charge on any atom is -0.335 e. The molecule has 0 fully saturated rings. The Morgan fingerprint density at radius 2 is 1.21 bits per heavy atom. The first-order valence-electron chi connectivity index (χ1n) is 5.87. The number of aromatic nitrogens is 4. The van der Waals surface area contributed by atoms with E-state index in [1.54, 1.807) is 0 Å². The van der Waals surface area contributed by atoms with Crippen LogP contribution in [-0.2, 0) is 14.1 Å². The molecule has 5 heteroatoms. The summed E-state index contributed by atoms with van der Waals surface area (Å²) in [7, 11) is 4.02. The highest BCUT2D eigenvalue weighted by Gasteiger charge is 2.02. The molecule has 2 aromatic heterocycles. The molecule has 0 aliphatic rings. The number of hydrogen-bond acceptors (Lipinski definition) is 2. The van der Waals surface area contributed by atoms with Gasteiger partial charge in [0.15, 0.2) is 4.73 Å². The summed E-state index contributed by atoms with van der Waals surface area (Å²) in [6.45, 7) is 10.2. The van der Waals surface area contributed by atoms with Crippen LogP contribution in [0.4, 0.5) is 0 Å². The van der Waals surface area contributed by atoms with Crippen LogP contribution in [0.2, 0.25) is 0 Å². The van der Waals surface area contributed by atoms with Gasteiger partial charge in [-0.3, -0.25) is 0 Å². The molecular weight excluding hydrogens is 304 g/mol. The van der Waals surface area contributed by atoms with Crippen LogP contribution in [0.5, 0.6) is 0 Å². The van der Waals surface area contributed by atoms with Gasteiger partial charge in [0, 0.05) is 25.5 Å². The van der Waals surface area contributed by atoms with E-state index in [2.05, 4.69) is 37.4 Å². The highest BCUT2D eigenvalue weighted by Crippen LogP contribution is 2.12. The SMILES string of the molecule is C.Cc1nc(Br)n(C)c1C.Cc1nc(C)n(C)c1C. The van der Waals surface area contributed by atoms with Gasteiger partial charge in [0.05, 0.1) is 11.4 Å². The van der Waals surface area contributed by atoms with Crippen LogP contribution in [-0.4, -0.2) is 19.1 Å². The van der Waals surface area contributed by atoms with Crippen molar-refractivity contribution in [3.63, 3.8) is 0 Å². The molecule has 4 nitrogen and oxygen atoms in total. The van der Waals surface area contributed by atoms with Crippen LogP contribution in [0.3, 0.4) is 0 Å². The van der Waals surface area contributed by atoms with Crippen molar-refractivity contribution in [3.05, 3.63) is 33.3 Å². The van der Waals surface area contributed by atoms with Crippen molar-refractivity contribution in [1.82, 2.24) is 19.1 Å². The number of aryl methyl sites for hydroxylation is 3. The molecular formula is C14H25BrN4. The largest absolute Gasteiger partial charge is 0.335 e. The highest BCUT2D eigenvalue weighted by atomic mass is 79.9. The molecule has 2 aromatic rings. The molecule has 0 radical (unpaired) electrons.